The van der Waals surface area contributed by atoms with Gasteiger partial charge in [0.1, 0.15) is 18.1 Å². The second-order valence-electron chi connectivity index (χ2n) is 6.73. The molecular formula is C23H20ClFN2O3. The summed E-state index contributed by atoms with van der Waals surface area (Å²) >= 11 is 6.02. The Hall–Kier alpha value is -3.09. The molecule has 7 heteroatoms. The molecule has 0 bridgehead atoms. The first-order chi connectivity index (χ1) is 14.6. The minimum atomic E-state index is -0.414. The summed E-state index contributed by atoms with van der Waals surface area (Å²) in [7, 11) is 1.52. The predicted molar refractivity (Wildman–Crippen MR) is 113 cm³/mol. The molecule has 0 aliphatic rings. The summed E-state index contributed by atoms with van der Waals surface area (Å²) in [6.07, 6.45) is 3.39. The molecule has 4 aromatic rings. The maximum absolute atomic E-state index is 14.6. The molecule has 2 heterocycles. The van der Waals surface area contributed by atoms with E-state index in [1.807, 2.05) is 42.6 Å². The molecule has 0 aliphatic heterocycles. The van der Waals surface area contributed by atoms with Crippen molar-refractivity contribution in [3.8, 4) is 11.5 Å². The van der Waals surface area contributed by atoms with E-state index >= 15 is 0 Å². The van der Waals surface area contributed by atoms with E-state index in [1.54, 1.807) is 12.3 Å². The minimum Gasteiger partial charge on any atom is -0.493 e. The molecule has 0 saturated carbocycles. The van der Waals surface area contributed by atoms with Gasteiger partial charge in [-0.05, 0) is 17.7 Å². The summed E-state index contributed by atoms with van der Waals surface area (Å²) in [5, 5.41) is 1.43. The van der Waals surface area contributed by atoms with Gasteiger partial charge in [-0.2, -0.15) is 0 Å². The molecule has 0 amide bonds. The molecule has 0 radical (unpaired) electrons. The number of nitrogens with one attached hydrogen (secondary N) is 1. The number of hydrogen-bond acceptors (Lipinski definition) is 4. The Kier molecular flexibility index (Phi) is 6.16. The van der Waals surface area contributed by atoms with Crippen LogP contribution in [-0.2, 0) is 24.6 Å². The standard InChI is InChI=1S/C23H20ClFN2O3/c1-28-21-7-16(20(25)9-22(21)30-12-15-5-3-2-4-6-15)13-29-14-17-10-26-23-19(17)8-18(24)11-27-23/h2-11H,12-14H2,1H3,(H,26,27). The number of pyridine rings is 1. The summed E-state index contributed by atoms with van der Waals surface area (Å²) in [6, 6.07) is 14.4. The van der Waals surface area contributed by atoms with Crippen LogP contribution in [-0.4, -0.2) is 17.1 Å². The third kappa shape index (κ3) is 4.56. The molecule has 0 fully saturated rings. The van der Waals surface area contributed by atoms with Crippen molar-refractivity contribution in [3.05, 3.63) is 88.5 Å². The molecule has 4 rings (SSSR count). The van der Waals surface area contributed by atoms with E-state index in [9.17, 15) is 4.39 Å². The fourth-order valence-corrected chi connectivity index (χ4v) is 3.28. The molecule has 1 N–H and O–H groups in total. The zero-order valence-corrected chi connectivity index (χ0v) is 17.1. The Morgan fingerprint density at radius 1 is 1.00 bits per heavy atom. The van der Waals surface area contributed by atoms with E-state index in [1.165, 1.54) is 13.2 Å². The van der Waals surface area contributed by atoms with Crippen molar-refractivity contribution < 1.29 is 18.6 Å². The second kappa shape index (κ2) is 9.15. The number of hydrogen-bond donors (Lipinski definition) is 1. The van der Waals surface area contributed by atoms with Gasteiger partial charge in [-0.25, -0.2) is 9.37 Å². The van der Waals surface area contributed by atoms with Crippen molar-refractivity contribution in [2.24, 2.45) is 0 Å². The largest absolute Gasteiger partial charge is 0.493 e. The fourth-order valence-electron chi connectivity index (χ4n) is 3.12. The zero-order valence-electron chi connectivity index (χ0n) is 16.3. The Labute approximate surface area is 178 Å². The molecule has 0 unspecified atom stereocenters. The first-order valence-electron chi connectivity index (χ1n) is 9.36. The molecule has 0 spiro atoms. The summed E-state index contributed by atoms with van der Waals surface area (Å²) in [5.41, 5.74) is 3.00. The number of nitrogens with zero attached hydrogens (tertiary/aromatic N) is 1. The van der Waals surface area contributed by atoms with Gasteiger partial charge in [0.05, 0.1) is 25.3 Å². The molecule has 0 atom stereocenters. The Morgan fingerprint density at radius 2 is 1.80 bits per heavy atom. The fraction of sp³-hybridized carbons (Fsp3) is 0.174. The highest BCUT2D eigenvalue weighted by Crippen LogP contribution is 2.31. The first kappa shape index (κ1) is 20.2. The Bertz CT molecular complexity index is 1150. The van der Waals surface area contributed by atoms with Crippen LogP contribution < -0.4 is 9.47 Å². The number of aromatic nitrogens is 2. The lowest BCUT2D eigenvalue weighted by Crippen LogP contribution is -2.02. The number of benzene rings is 2. The molecule has 5 nitrogen and oxygen atoms in total. The average molecular weight is 427 g/mol. The van der Waals surface area contributed by atoms with Gasteiger partial charge in [-0.3, -0.25) is 0 Å². The van der Waals surface area contributed by atoms with Crippen molar-refractivity contribution in [1.82, 2.24) is 9.97 Å². The summed E-state index contributed by atoms with van der Waals surface area (Å²) in [6.45, 7) is 0.696. The van der Waals surface area contributed by atoms with Gasteiger partial charge in [0.25, 0.3) is 0 Å². The van der Waals surface area contributed by atoms with Crippen LogP contribution in [0.25, 0.3) is 11.0 Å². The number of methoxy groups -OCH3 is 1. The number of fused-ring (bicyclic) bond motifs is 1. The minimum absolute atomic E-state index is 0.0851. The summed E-state index contributed by atoms with van der Waals surface area (Å²) in [4.78, 5) is 7.29. The number of H-pyrrole nitrogens is 1. The normalized spacial score (nSPS) is 11.0. The van der Waals surface area contributed by atoms with Crippen LogP contribution in [0.15, 0.2) is 60.9 Å². The van der Waals surface area contributed by atoms with E-state index in [-0.39, 0.29) is 13.2 Å². The monoisotopic (exact) mass is 426 g/mol. The zero-order chi connectivity index (χ0) is 20.9. The maximum Gasteiger partial charge on any atom is 0.164 e. The van der Waals surface area contributed by atoms with Gasteiger partial charge in [0.15, 0.2) is 11.5 Å². The lowest BCUT2D eigenvalue weighted by atomic mass is 10.2. The van der Waals surface area contributed by atoms with Gasteiger partial charge in [-0.1, -0.05) is 41.9 Å². The predicted octanol–water partition coefficient (Wildman–Crippen LogP) is 5.66. The first-order valence-corrected chi connectivity index (χ1v) is 9.74. The Balaban J connectivity index is 1.43. The quantitative estimate of drug-likeness (QED) is 0.395. The molecular weight excluding hydrogens is 407 g/mol. The summed E-state index contributed by atoms with van der Waals surface area (Å²) < 4.78 is 31.5. The third-order valence-corrected chi connectivity index (χ3v) is 4.88. The van der Waals surface area contributed by atoms with E-state index < -0.39 is 5.82 Å². The van der Waals surface area contributed by atoms with Gasteiger partial charge in [-0.15, -0.1) is 0 Å². The van der Waals surface area contributed by atoms with Crippen molar-refractivity contribution >= 4 is 22.6 Å². The SMILES string of the molecule is COc1cc(COCc2c[nH]c3ncc(Cl)cc23)c(F)cc1OCc1ccccc1. The average Bonchev–Trinajstić information content (AvgIpc) is 3.16. The molecule has 154 valence electrons. The topological polar surface area (TPSA) is 56.4 Å². The van der Waals surface area contributed by atoms with Crippen molar-refractivity contribution in [2.45, 2.75) is 19.8 Å². The number of halogens is 2. The summed E-state index contributed by atoms with van der Waals surface area (Å²) in [5.74, 6) is 0.386. The number of ether oxygens (including phenoxy) is 3. The maximum atomic E-state index is 14.6. The van der Waals surface area contributed by atoms with Gasteiger partial charge in [0, 0.05) is 35.0 Å². The van der Waals surface area contributed by atoms with Crippen LogP contribution in [0.3, 0.4) is 0 Å². The second-order valence-corrected chi connectivity index (χ2v) is 7.16. The van der Waals surface area contributed by atoms with Crippen molar-refractivity contribution in [3.63, 3.8) is 0 Å². The van der Waals surface area contributed by atoms with Crippen LogP contribution in [0.2, 0.25) is 5.02 Å². The van der Waals surface area contributed by atoms with Gasteiger partial charge < -0.3 is 19.2 Å². The van der Waals surface area contributed by atoms with E-state index in [0.29, 0.717) is 28.7 Å². The molecule has 2 aromatic heterocycles. The van der Waals surface area contributed by atoms with Gasteiger partial charge >= 0.3 is 0 Å². The smallest absolute Gasteiger partial charge is 0.164 e. The van der Waals surface area contributed by atoms with Crippen molar-refractivity contribution in [2.75, 3.05) is 7.11 Å². The molecule has 0 aliphatic carbocycles. The van der Waals surface area contributed by atoms with Crippen LogP contribution in [0.1, 0.15) is 16.7 Å². The molecule has 30 heavy (non-hydrogen) atoms. The number of rotatable bonds is 8. The van der Waals surface area contributed by atoms with Crippen LogP contribution >= 0.6 is 11.6 Å². The highest BCUT2D eigenvalue weighted by molar-refractivity contribution is 6.31. The molecule has 2 aromatic carbocycles. The third-order valence-electron chi connectivity index (χ3n) is 4.67. The lowest BCUT2D eigenvalue weighted by molar-refractivity contribution is 0.105. The van der Waals surface area contributed by atoms with Crippen LogP contribution in [0.4, 0.5) is 4.39 Å². The van der Waals surface area contributed by atoms with Crippen molar-refractivity contribution in [1.29, 1.82) is 0 Å². The van der Waals surface area contributed by atoms with Gasteiger partial charge in [0.2, 0.25) is 0 Å². The van der Waals surface area contributed by atoms with Crippen LogP contribution in [0.5, 0.6) is 11.5 Å². The van der Waals surface area contributed by atoms with E-state index in [4.69, 9.17) is 25.8 Å². The lowest BCUT2D eigenvalue weighted by Gasteiger charge is -2.13. The Morgan fingerprint density at radius 3 is 2.60 bits per heavy atom. The van der Waals surface area contributed by atoms with E-state index in [0.717, 1.165) is 22.2 Å². The molecule has 0 saturated heterocycles. The van der Waals surface area contributed by atoms with E-state index in [2.05, 4.69) is 9.97 Å². The van der Waals surface area contributed by atoms with Crippen LogP contribution in [0, 0.1) is 5.82 Å². The number of aromatic amines is 1. The highest BCUT2D eigenvalue weighted by atomic mass is 35.5. The highest BCUT2D eigenvalue weighted by Gasteiger charge is 2.13.